The second-order valence-electron chi connectivity index (χ2n) is 5.64. The number of carbonyl (C=O) groups excluding carboxylic acids is 1. The molecule has 2 rings (SSSR count). The number of amides is 1. The van der Waals surface area contributed by atoms with Crippen molar-refractivity contribution < 1.29 is 26.4 Å². The van der Waals surface area contributed by atoms with Crippen molar-refractivity contribution >= 4 is 21.4 Å². The fourth-order valence-corrected chi connectivity index (χ4v) is 4.50. The Morgan fingerprint density at radius 2 is 2.00 bits per heavy atom. The first-order valence-corrected chi connectivity index (χ1v) is 9.44. The summed E-state index contributed by atoms with van der Waals surface area (Å²) in [4.78, 5) is 13.7. The van der Waals surface area contributed by atoms with E-state index in [1.54, 1.807) is 6.92 Å². The predicted octanol–water partition coefficient (Wildman–Crippen LogP) is 1.94. The lowest BCUT2D eigenvalue weighted by molar-refractivity contribution is -0.132. The van der Waals surface area contributed by atoms with Gasteiger partial charge in [0.1, 0.15) is 0 Å². The molecule has 0 spiro atoms. The Morgan fingerprint density at radius 3 is 2.58 bits per heavy atom. The second-order valence-corrected chi connectivity index (χ2v) is 7.87. The molecule has 1 aliphatic heterocycles. The summed E-state index contributed by atoms with van der Waals surface area (Å²) in [5.74, 6) is -4.43. The van der Waals surface area contributed by atoms with Gasteiger partial charge in [0.15, 0.2) is 27.3 Å². The van der Waals surface area contributed by atoms with Crippen molar-refractivity contribution in [3.63, 3.8) is 0 Å². The molecule has 0 aliphatic carbocycles. The summed E-state index contributed by atoms with van der Waals surface area (Å²) in [7, 11) is -3.10. The SMILES string of the molecule is CCN(C(=O)CCNc1ccc(F)c(F)c1F)C1CCS(=O)(=O)C1. The first kappa shape index (κ1) is 18.6. The van der Waals surface area contributed by atoms with Crippen LogP contribution in [0.3, 0.4) is 0 Å². The summed E-state index contributed by atoms with van der Waals surface area (Å²) in [6.07, 6.45) is 0.399. The fourth-order valence-electron chi connectivity index (χ4n) is 2.77. The molecular weight excluding hydrogens is 345 g/mol. The minimum absolute atomic E-state index is 0.0111. The number of hydrogen-bond donors (Lipinski definition) is 1. The van der Waals surface area contributed by atoms with E-state index < -0.39 is 27.3 Å². The molecule has 24 heavy (non-hydrogen) atoms. The van der Waals surface area contributed by atoms with E-state index in [4.69, 9.17) is 0 Å². The van der Waals surface area contributed by atoms with Crippen LogP contribution in [0, 0.1) is 17.5 Å². The normalized spacial score (nSPS) is 19.2. The van der Waals surface area contributed by atoms with Crippen molar-refractivity contribution in [1.82, 2.24) is 4.90 Å². The van der Waals surface area contributed by atoms with E-state index in [-0.39, 0.29) is 42.1 Å². The molecule has 0 bridgehead atoms. The van der Waals surface area contributed by atoms with Crippen LogP contribution in [0.1, 0.15) is 19.8 Å². The first-order valence-electron chi connectivity index (χ1n) is 7.62. The molecule has 0 saturated carbocycles. The van der Waals surface area contributed by atoms with Gasteiger partial charge in [-0.1, -0.05) is 0 Å². The third-order valence-corrected chi connectivity index (χ3v) is 5.75. The fraction of sp³-hybridized carbons (Fsp3) is 0.533. The zero-order chi connectivity index (χ0) is 17.9. The molecule has 0 aromatic heterocycles. The van der Waals surface area contributed by atoms with Gasteiger partial charge in [0.25, 0.3) is 0 Å². The van der Waals surface area contributed by atoms with Crippen molar-refractivity contribution in [2.24, 2.45) is 0 Å². The van der Waals surface area contributed by atoms with Gasteiger partial charge in [-0.15, -0.1) is 0 Å². The number of anilines is 1. The third-order valence-electron chi connectivity index (χ3n) is 4.00. The first-order chi connectivity index (χ1) is 11.2. The summed E-state index contributed by atoms with van der Waals surface area (Å²) in [6.45, 7) is 2.15. The Bertz CT molecular complexity index is 725. The summed E-state index contributed by atoms with van der Waals surface area (Å²) in [5.41, 5.74) is -0.229. The van der Waals surface area contributed by atoms with Gasteiger partial charge in [-0.25, -0.2) is 21.6 Å². The molecule has 1 heterocycles. The highest BCUT2D eigenvalue weighted by molar-refractivity contribution is 7.91. The van der Waals surface area contributed by atoms with Crippen LogP contribution in [0.2, 0.25) is 0 Å². The van der Waals surface area contributed by atoms with Crippen molar-refractivity contribution in [3.8, 4) is 0 Å². The minimum atomic E-state index is -3.10. The van der Waals surface area contributed by atoms with Gasteiger partial charge in [0.05, 0.1) is 17.2 Å². The second kappa shape index (κ2) is 7.42. The molecule has 1 amide bonds. The molecule has 5 nitrogen and oxygen atoms in total. The number of halogens is 3. The van der Waals surface area contributed by atoms with Crippen LogP contribution in [-0.2, 0) is 14.6 Å². The zero-order valence-electron chi connectivity index (χ0n) is 13.2. The lowest BCUT2D eigenvalue weighted by Crippen LogP contribution is -2.41. The van der Waals surface area contributed by atoms with Gasteiger partial charge in [-0.3, -0.25) is 4.79 Å². The number of carbonyl (C=O) groups is 1. The summed E-state index contributed by atoms with van der Waals surface area (Å²) >= 11 is 0. The number of benzene rings is 1. The molecule has 1 aromatic rings. The van der Waals surface area contributed by atoms with Crippen LogP contribution in [0.5, 0.6) is 0 Å². The molecule has 1 fully saturated rings. The number of sulfone groups is 1. The van der Waals surface area contributed by atoms with Crippen molar-refractivity contribution in [1.29, 1.82) is 0 Å². The highest BCUT2D eigenvalue weighted by atomic mass is 32.2. The van der Waals surface area contributed by atoms with Crippen LogP contribution in [0.15, 0.2) is 12.1 Å². The number of hydrogen-bond acceptors (Lipinski definition) is 4. The quantitative estimate of drug-likeness (QED) is 0.784. The molecule has 1 atom stereocenters. The van der Waals surface area contributed by atoms with Crippen LogP contribution < -0.4 is 5.32 Å². The molecule has 1 aromatic carbocycles. The minimum Gasteiger partial charge on any atom is -0.382 e. The van der Waals surface area contributed by atoms with E-state index in [1.807, 2.05) is 0 Å². The van der Waals surface area contributed by atoms with Crippen LogP contribution >= 0.6 is 0 Å². The average Bonchev–Trinajstić information content (AvgIpc) is 2.88. The number of nitrogens with zero attached hydrogens (tertiary/aromatic N) is 1. The van der Waals surface area contributed by atoms with E-state index in [1.165, 1.54) is 4.90 Å². The van der Waals surface area contributed by atoms with Crippen molar-refractivity contribution in [2.75, 3.05) is 29.9 Å². The van der Waals surface area contributed by atoms with E-state index in [0.717, 1.165) is 12.1 Å². The van der Waals surface area contributed by atoms with E-state index in [2.05, 4.69) is 5.32 Å². The predicted molar refractivity (Wildman–Crippen MR) is 83.9 cm³/mol. The van der Waals surface area contributed by atoms with Gasteiger partial charge >= 0.3 is 0 Å². The molecule has 1 unspecified atom stereocenters. The van der Waals surface area contributed by atoms with E-state index >= 15 is 0 Å². The third kappa shape index (κ3) is 4.19. The molecule has 134 valence electrons. The summed E-state index contributed by atoms with van der Waals surface area (Å²) in [6, 6.07) is 1.51. The van der Waals surface area contributed by atoms with Crippen molar-refractivity contribution in [3.05, 3.63) is 29.6 Å². The maximum atomic E-state index is 13.5. The lowest BCUT2D eigenvalue weighted by Gasteiger charge is -2.27. The van der Waals surface area contributed by atoms with Crippen molar-refractivity contribution in [2.45, 2.75) is 25.8 Å². The lowest BCUT2D eigenvalue weighted by atomic mass is 10.2. The topological polar surface area (TPSA) is 66.5 Å². The highest BCUT2D eigenvalue weighted by Crippen LogP contribution is 2.20. The van der Waals surface area contributed by atoms with Gasteiger partial charge in [0.2, 0.25) is 5.91 Å². The number of rotatable bonds is 6. The van der Waals surface area contributed by atoms with Gasteiger partial charge in [-0.05, 0) is 25.5 Å². The molecule has 9 heteroatoms. The Labute approximate surface area is 138 Å². The van der Waals surface area contributed by atoms with Crippen LogP contribution in [0.25, 0.3) is 0 Å². The van der Waals surface area contributed by atoms with Gasteiger partial charge in [-0.2, -0.15) is 0 Å². The maximum absolute atomic E-state index is 13.5. The maximum Gasteiger partial charge on any atom is 0.224 e. The Balaban J connectivity index is 1.92. The molecule has 1 N–H and O–H groups in total. The molecule has 1 aliphatic rings. The smallest absolute Gasteiger partial charge is 0.224 e. The van der Waals surface area contributed by atoms with E-state index in [9.17, 15) is 26.4 Å². The Kier molecular flexibility index (Phi) is 5.74. The monoisotopic (exact) mass is 364 g/mol. The largest absolute Gasteiger partial charge is 0.382 e. The van der Waals surface area contributed by atoms with Crippen LogP contribution in [0.4, 0.5) is 18.9 Å². The summed E-state index contributed by atoms with van der Waals surface area (Å²) < 4.78 is 62.5. The molecular formula is C15H19F3N2O3S. The highest BCUT2D eigenvalue weighted by Gasteiger charge is 2.33. The van der Waals surface area contributed by atoms with Gasteiger partial charge < -0.3 is 10.2 Å². The molecule has 1 saturated heterocycles. The Hall–Kier alpha value is -1.77. The van der Waals surface area contributed by atoms with Crippen LogP contribution in [-0.4, -0.2) is 49.9 Å². The van der Waals surface area contributed by atoms with E-state index in [0.29, 0.717) is 13.0 Å². The van der Waals surface area contributed by atoms with Gasteiger partial charge in [0, 0.05) is 25.6 Å². The standard InChI is InChI=1S/C15H19F3N2O3S/c1-2-20(10-6-8-24(22,23)9-10)13(21)5-7-19-12-4-3-11(16)14(17)15(12)18/h3-4,10,19H,2,5-9H2,1H3. The average molecular weight is 364 g/mol. The molecule has 0 radical (unpaired) electrons. The zero-order valence-corrected chi connectivity index (χ0v) is 14.0. The summed E-state index contributed by atoms with van der Waals surface area (Å²) in [5, 5.41) is 2.55. The Morgan fingerprint density at radius 1 is 1.29 bits per heavy atom. The number of nitrogens with one attached hydrogen (secondary N) is 1.